The number of halogens is 1. The van der Waals surface area contributed by atoms with Crippen molar-refractivity contribution in [2.75, 3.05) is 5.32 Å². The molecule has 0 atom stereocenters. The minimum atomic E-state index is 0.610. The first kappa shape index (κ1) is 16.4. The molecule has 4 rings (SSSR count). The van der Waals surface area contributed by atoms with Crippen LogP contribution in [0.2, 0.25) is 5.02 Å². The Kier molecular flexibility index (Phi) is 4.67. The van der Waals surface area contributed by atoms with Gasteiger partial charge in [0.2, 0.25) is 0 Å². The van der Waals surface area contributed by atoms with E-state index in [1.54, 1.807) is 0 Å². The first-order valence-electron chi connectivity index (χ1n) is 8.35. The maximum atomic E-state index is 6.27. The van der Waals surface area contributed by atoms with Gasteiger partial charge in [0.15, 0.2) is 0 Å². The second-order valence-electron chi connectivity index (χ2n) is 5.89. The zero-order valence-electron chi connectivity index (χ0n) is 14.0. The van der Waals surface area contributed by atoms with Gasteiger partial charge in [-0.05, 0) is 24.3 Å². The van der Waals surface area contributed by atoms with Crippen LogP contribution in [0.5, 0.6) is 0 Å². The Hall–Kier alpha value is -3.11. The Labute approximate surface area is 156 Å². The molecule has 26 heavy (non-hydrogen) atoms. The van der Waals surface area contributed by atoms with Crippen LogP contribution in [0.3, 0.4) is 0 Å². The van der Waals surface area contributed by atoms with Crippen molar-refractivity contribution in [2.24, 2.45) is 0 Å². The second-order valence-corrected chi connectivity index (χ2v) is 6.29. The molecule has 0 aliphatic rings. The molecule has 4 aromatic rings. The van der Waals surface area contributed by atoms with Crippen molar-refractivity contribution in [3.05, 3.63) is 89.6 Å². The monoisotopic (exact) mass is 360 g/mol. The molecule has 0 saturated carbocycles. The van der Waals surface area contributed by atoms with Gasteiger partial charge in [-0.25, -0.2) is 4.98 Å². The highest BCUT2D eigenvalue weighted by molar-refractivity contribution is 6.33. The number of H-pyrrole nitrogens is 1. The van der Waals surface area contributed by atoms with Crippen molar-refractivity contribution in [2.45, 2.75) is 6.54 Å². The molecule has 0 aliphatic carbocycles. The van der Waals surface area contributed by atoms with E-state index >= 15 is 0 Å². The number of nitrogens with one attached hydrogen (secondary N) is 2. The predicted molar refractivity (Wildman–Crippen MR) is 106 cm³/mol. The van der Waals surface area contributed by atoms with Crippen molar-refractivity contribution in [1.29, 1.82) is 0 Å². The average molecular weight is 361 g/mol. The van der Waals surface area contributed by atoms with Crippen LogP contribution in [-0.2, 0) is 6.54 Å². The lowest BCUT2D eigenvalue weighted by Crippen LogP contribution is -2.02. The van der Waals surface area contributed by atoms with Gasteiger partial charge in [-0.15, -0.1) is 0 Å². The van der Waals surface area contributed by atoms with E-state index in [0.29, 0.717) is 11.6 Å². The Balaban J connectivity index is 1.48. The van der Waals surface area contributed by atoms with E-state index < -0.39 is 0 Å². The molecule has 0 aliphatic heterocycles. The SMILES string of the molecule is Clc1ccccc1-c1cccc(NCc2cc(-c3ccccc3)n[nH]2)n1. The normalized spacial score (nSPS) is 10.7. The first-order valence-corrected chi connectivity index (χ1v) is 8.73. The second kappa shape index (κ2) is 7.42. The fourth-order valence-electron chi connectivity index (χ4n) is 2.75. The Bertz CT molecular complexity index is 1010. The summed E-state index contributed by atoms with van der Waals surface area (Å²) in [5, 5.41) is 11.5. The highest BCUT2D eigenvalue weighted by Crippen LogP contribution is 2.26. The summed E-state index contributed by atoms with van der Waals surface area (Å²) < 4.78 is 0. The van der Waals surface area contributed by atoms with Crippen LogP contribution in [0.25, 0.3) is 22.5 Å². The lowest BCUT2D eigenvalue weighted by atomic mass is 10.1. The van der Waals surface area contributed by atoms with Crippen molar-refractivity contribution in [1.82, 2.24) is 15.2 Å². The van der Waals surface area contributed by atoms with Crippen molar-refractivity contribution < 1.29 is 0 Å². The maximum Gasteiger partial charge on any atom is 0.126 e. The molecule has 0 fully saturated rings. The van der Waals surface area contributed by atoms with Gasteiger partial charge in [-0.2, -0.15) is 5.10 Å². The van der Waals surface area contributed by atoms with E-state index in [9.17, 15) is 0 Å². The highest BCUT2D eigenvalue weighted by atomic mass is 35.5. The number of rotatable bonds is 5. The highest BCUT2D eigenvalue weighted by Gasteiger charge is 2.06. The van der Waals surface area contributed by atoms with E-state index in [0.717, 1.165) is 34.0 Å². The number of hydrogen-bond acceptors (Lipinski definition) is 3. The number of anilines is 1. The third kappa shape index (κ3) is 3.60. The van der Waals surface area contributed by atoms with Gasteiger partial charge < -0.3 is 5.32 Å². The molecule has 2 N–H and O–H groups in total. The summed E-state index contributed by atoms with van der Waals surface area (Å²) in [7, 11) is 0. The number of aromatic nitrogens is 3. The largest absolute Gasteiger partial charge is 0.364 e. The molecule has 0 unspecified atom stereocenters. The zero-order chi connectivity index (χ0) is 17.8. The molecule has 128 valence electrons. The molecule has 0 radical (unpaired) electrons. The Morgan fingerprint density at radius 2 is 1.65 bits per heavy atom. The van der Waals surface area contributed by atoms with Crippen molar-refractivity contribution >= 4 is 17.4 Å². The van der Waals surface area contributed by atoms with Crippen LogP contribution in [0.1, 0.15) is 5.69 Å². The van der Waals surface area contributed by atoms with E-state index in [2.05, 4.69) is 20.5 Å². The summed E-state index contributed by atoms with van der Waals surface area (Å²) in [4.78, 5) is 4.65. The summed E-state index contributed by atoms with van der Waals surface area (Å²) >= 11 is 6.27. The first-order chi connectivity index (χ1) is 12.8. The van der Waals surface area contributed by atoms with Crippen LogP contribution in [0.15, 0.2) is 78.9 Å². The fourth-order valence-corrected chi connectivity index (χ4v) is 2.98. The molecular formula is C21H17ClN4. The summed E-state index contributed by atoms with van der Waals surface area (Å²) in [6.07, 6.45) is 0. The molecule has 0 amide bonds. The smallest absolute Gasteiger partial charge is 0.126 e. The van der Waals surface area contributed by atoms with Crippen LogP contribution >= 0.6 is 11.6 Å². The van der Waals surface area contributed by atoms with Gasteiger partial charge in [0.05, 0.1) is 23.6 Å². The lowest BCUT2D eigenvalue weighted by Gasteiger charge is -2.07. The van der Waals surface area contributed by atoms with Gasteiger partial charge in [0, 0.05) is 16.1 Å². The molecule has 0 saturated heterocycles. The average Bonchev–Trinajstić information content (AvgIpc) is 3.17. The van der Waals surface area contributed by atoms with E-state index in [-0.39, 0.29) is 0 Å². The van der Waals surface area contributed by atoms with Crippen LogP contribution < -0.4 is 5.32 Å². The molecule has 5 heteroatoms. The quantitative estimate of drug-likeness (QED) is 0.500. The zero-order valence-corrected chi connectivity index (χ0v) is 14.7. The molecule has 2 heterocycles. The number of aromatic amines is 1. The molecule has 0 bridgehead atoms. The van der Waals surface area contributed by atoms with Crippen molar-refractivity contribution in [3.8, 4) is 22.5 Å². The standard InChI is InChI=1S/C21H17ClN4/c22-18-10-5-4-9-17(18)19-11-6-12-21(24-19)23-14-16-13-20(26-25-16)15-7-2-1-3-8-15/h1-13H,14H2,(H,23,24)(H,25,26). The maximum absolute atomic E-state index is 6.27. The van der Waals surface area contributed by atoms with Gasteiger partial charge in [0.1, 0.15) is 5.82 Å². The summed E-state index contributed by atoms with van der Waals surface area (Å²) in [6, 6.07) is 25.7. The van der Waals surface area contributed by atoms with Gasteiger partial charge in [-0.1, -0.05) is 66.2 Å². The minimum Gasteiger partial charge on any atom is -0.364 e. The van der Waals surface area contributed by atoms with E-state index in [1.165, 1.54) is 0 Å². The summed E-state index contributed by atoms with van der Waals surface area (Å²) in [5.74, 6) is 0.790. The third-order valence-corrected chi connectivity index (χ3v) is 4.39. The number of benzene rings is 2. The molecule has 2 aromatic heterocycles. The van der Waals surface area contributed by atoms with Gasteiger partial charge in [-0.3, -0.25) is 5.10 Å². The summed E-state index contributed by atoms with van der Waals surface area (Å²) in [6.45, 7) is 0.610. The fraction of sp³-hybridized carbons (Fsp3) is 0.0476. The van der Waals surface area contributed by atoms with Crippen LogP contribution in [-0.4, -0.2) is 15.2 Å². The van der Waals surface area contributed by atoms with E-state index in [1.807, 2.05) is 78.9 Å². The molecular weight excluding hydrogens is 344 g/mol. The van der Waals surface area contributed by atoms with Crippen LogP contribution in [0, 0.1) is 0 Å². The number of hydrogen-bond donors (Lipinski definition) is 2. The van der Waals surface area contributed by atoms with E-state index in [4.69, 9.17) is 11.6 Å². The van der Waals surface area contributed by atoms with Crippen molar-refractivity contribution in [3.63, 3.8) is 0 Å². The molecule has 0 spiro atoms. The topological polar surface area (TPSA) is 53.6 Å². The molecule has 2 aromatic carbocycles. The van der Waals surface area contributed by atoms with Crippen LogP contribution in [0.4, 0.5) is 5.82 Å². The number of nitrogens with zero attached hydrogens (tertiary/aromatic N) is 2. The third-order valence-electron chi connectivity index (χ3n) is 4.06. The number of pyridine rings is 1. The summed E-state index contributed by atoms with van der Waals surface area (Å²) in [5.41, 5.74) is 4.78. The Morgan fingerprint density at radius 3 is 2.50 bits per heavy atom. The molecule has 4 nitrogen and oxygen atoms in total. The lowest BCUT2D eigenvalue weighted by molar-refractivity contribution is 0.976. The van der Waals surface area contributed by atoms with Gasteiger partial charge >= 0.3 is 0 Å². The minimum absolute atomic E-state index is 0.610. The Morgan fingerprint density at radius 1 is 0.846 bits per heavy atom. The van der Waals surface area contributed by atoms with Gasteiger partial charge in [0.25, 0.3) is 0 Å². The predicted octanol–water partition coefficient (Wildman–Crippen LogP) is 5.40.